The van der Waals surface area contributed by atoms with E-state index in [0.717, 1.165) is 0 Å². The molecule has 0 saturated heterocycles. The largest absolute Gasteiger partial charge is 1.00 e. The van der Waals surface area contributed by atoms with Crippen LogP contribution in [0.2, 0.25) is 0 Å². The molecule has 11 heavy (non-hydrogen) atoms. The normalized spacial score (nSPS) is 6.55. The van der Waals surface area contributed by atoms with Gasteiger partial charge in [0, 0.05) is 0 Å². The van der Waals surface area contributed by atoms with Crippen LogP contribution in [0.25, 0.3) is 0 Å². The van der Waals surface area contributed by atoms with E-state index in [0.29, 0.717) is 0 Å². The average molecular weight is 180 g/mol. The van der Waals surface area contributed by atoms with Crippen LogP contribution < -0.4 is 44.6 Å². The highest BCUT2D eigenvalue weighted by Gasteiger charge is 1.68. The molecular weight excluding hydrogens is 159 g/mol. The molecule has 0 fully saturated rings. The van der Waals surface area contributed by atoms with E-state index in [1.54, 1.807) is 0 Å². The Hall–Kier alpha value is -0.350. The summed E-state index contributed by atoms with van der Waals surface area (Å²) < 4.78 is 0. The van der Waals surface area contributed by atoms with Gasteiger partial charge >= 0.3 is 0 Å². The zero-order chi connectivity index (χ0) is 5.21. The summed E-state index contributed by atoms with van der Waals surface area (Å²) in [5.41, 5.74) is 0. The molecule has 0 spiro atoms. The minimum atomic E-state index is -3.21. The third kappa shape index (κ3) is 80.4. The molecule has 0 amide bonds. The Kier molecular flexibility index (Phi) is 68.1. The van der Waals surface area contributed by atoms with Crippen molar-refractivity contribution in [1.29, 1.82) is 0 Å². The highest BCUT2D eigenvalue weighted by Crippen LogP contribution is 1.78. The summed E-state index contributed by atoms with van der Waals surface area (Å²) in [4.78, 5) is 0. The van der Waals surface area contributed by atoms with E-state index >= 15 is 0 Å². The minimum Gasteiger partial charge on any atom is -1.00 e. The Morgan fingerprint density at radius 2 is 1.00 bits per heavy atom. The van der Waals surface area contributed by atoms with Crippen molar-refractivity contribution in [2.75, 3.05) is 0 Å². The van der Waals surface area contributed by atoms with Gasteiger partial charge in [0.1, 0.15) is 0 Å². The number of hydrogen-bond donors (Lipinski definition) is 4. The van der Waals surface area contributed by atoms with Crippen molar-refractivity contribution in [1.82, 2.24) is 24.6 Å². The maximum atomic E-state index is 9.36. The van der Waals surface area contributed by atoms with Gasteiger partial charge in [-0.25, -0.2) is 0 Å². The van der Waals surface area contributed by atoms with E-state index in [-0.39, 0.29) is 29.3 Å². The first-order chi connectivity index (χ1) is 2.56. The maximum absolute atomic E-state index is 9.36. The third-order valence-corrected chi connectivity index (χ3v) is 0.433. The first kappa shape index (κ1) is 45.9. The molecule has 0 aliphatic carbocycles. The summed E-state index contributed by atoms with van der Waals surface area (Å²) in [5, 5.41) is 28.1. The second-order valence-electron chi connectivity index (χ2n) is 1.04. The fraction of sp³-hybridized carbons (Fsp3) is 1.00. The minimum absolute atomic E-state index is 0. The molecule has 7 nitrogen and oxygen atoms in total. The molecule has 8 heteroatoms. The van der Waals surface area contributed by atoms with Crippen LogP contribution in [-0.4, -0.2) is 5.97 Å². The van der Waals surface area contributed by atoms with E-state index in [1.165, 1.54) is 6.92 Å². The van der Waals surface area contributed by atoms with Crippen LogP contribution in [0.15, 0.2) is 0 Å². The Balaban J connectivity index is -0.0000000125. The van der Waals surface area contributed by atoms with Gasteiger partial charge in [-0.05, 0) is 0 Å². The zero-order valence-corrected chi connectivity index (χ0v) is 7.81. The lowest BCUT2D eigenvalue weighted by atomic mass is 10.4. The fourth-order valence-corrected chi connectivity index (χ4v) is 0. The van der Waals surface area contributed by atoms with E-state index in [4.69, 9.17) is 0 Å². The van der Waals surface area contributed by atoms with Gasteiger partial charge in [-0.15, -0.1) is 0 Å². The molecule has 0 unspecified atom stereocenters. The molecule has 0 aliphatic rings. The molecule has 0 bridgehead atoms. The molecule has 78 valence electrons. The van der Waals surface area contributed by atoms with Crippen molar-refractivity contribution in [3.05, 3.63) is 0 Å². The maximum Gasteiger partial charge on any atom is -0.0687 e. The Labute approximate surface area is 65.1 Å². The van der Waals surface area contributed by atoms with Crippen LogP contribution >= 0.6 is 0 Å². The lowest BCUT2D eigenvalue weighted by Crippen LogP contribution is -3.00. The molecule has 0 heterocycles. The molecule has 0 aliphatic heterocycles. The lowest BCUT2D eigenvalue weighted by Gasteiger charge is -2.57. The smallest absolute Gasteiger partial charge is 0.0687 e. The third-order valence-electron chi connectivity index (χ3n) is 0.433. The molecule has 0 radical (unpaired) electrons. The van der Waals surface area contributed by atoms with Gasteiger partial charge in [0.05, 0.1) is 0 Å². The quantitative estimate of drug-likeness (QED) is 0.294. The first-order valence-corrected chi connectivity index (χ1v) is 1.67. The van der Waals surface area contributed by atoms with Gasteiger partial charge in [-0.1, -0.05) is 13.3 Å². The molecule has 0 saturated carbocycles. The van der Waals surface area contributed by atoms with Crippen molar-refractivity contribution in [2.45, 2.75) is 19.3 Å². The van der Waals surface area contributed by atoms with Crippen molar-refractivity contribution in [2.24, 2.45) is 0 Å². The van der Waals surface area contributed by atoms with E-state index in [9.17, 15) is 15.3 Å². The number of quaternary nitrogens is 4. The van der Waals surface area contributed by atoms with Gasteiger partial charge in [-0.2, -0.15) is 0 Å². The van der Waals surface area contributed by atoms with Gasteiger partial charge in [0.2, 0.25) is 0 Å². The SMILES string of the molecule is CCC([O-])([O-])[O-].[F-].[NH4+].[NH4+].[NH4+].[NH4+]. The van der Waals surface area contributed by atoms with Crippen molar-refractivity contribution < 1.29 is 20.0 Å². The summed E-state index contributed by atoms with van der Waals surface area (Å²) in [7, 11) is 0. The Morgan fingerprint density at radius 1 is 0.909 bits per heavy atom. The monoisotopic (exact) mass is 180 g/mol. The van der Waals surface area contributed by atoms with Gasteiger partial charge in [-0.3, -0.25) is 0 Å². The molecule has 16 N–H and O–H groups in total. The van der Waals surface area contributed by atoms with E-state index in [2.05, 4.69) is 0 Å². The molecule has 0 rings (SSSR count). The molecule has 0 atom stereocenters. The fourth-order valence-electron chi connectivity index (χ4n) is 0. The highest BCUT2D eigenvalue weighted by atomic mass is 19.0. The van der Waals surface area contributed by atoms with Crippen molar-refractivity contribution in [3.63, 3.8) is 0 Å². The van der Waals surface area contributed by atoms with E-state index < -0.39 is 12.4 Å². The van der Waals surface area contributed by atoms with Gasteiger partial charge in [0.15, 0.2) is 0 Å². The standard InChI is InChI=1S/C3H5O3.FH.4H3N/c1-2-3(4,5)6;;;;;/h2H2,1H3;1H;4*1H3/q-3;;;;;/p+3. The summed E-state index contributed by atoms with van der Waals surface area (Å²) in [6, 6.07) is 0. The van der Waals surface area contributed by atoms with Crippen molar-refractivity contribution >= 4 is 0 Å². The zero-order valence-electron chi connectivity index (χ0n) is 7.81. The topological polar surface area (TPSA) is 215 Å². The second kappa shape index (κ2) is 16.3. The molecule has 0 aromatic rings. The molecular formula is C3H21FN4O3. The van der Waals surface area contributed by atoms with Crippen LogP contribution in [0.5, 0.6) is 0 Å². The van der Waals surface area contributed by atoms with Crippen LogP contribution in [-0.2, 0) is 0 Å². The van der Waals surface area contributed by atoms with Gasteiger partial charge < -0.3 is 50.6 Å². The van der Waals surface area contributed by atoms with E-state index in [1.807, 2.05) is 0 Å². The first-order valence-electron chi connectivity index (χ1n) is 1.67. The second-order valence-corrected chi connectivity index (χ2v) is 1.04. The summed E-state index contributed by atoms with van der Waals surface area (Å²) in [6.07, 6.45) is -0.396. The number of halogens is 1. The number of hydrogen-bond acceptors (Lipinski definition) is 3. The van der Waals surface area contributed by atoms with Crippen molar-refractivity contribution in [3.8, 4) is 0 Å². The van der Waals surface area contributed by atoms with Crippen LogP contribution in [0, 0.1) is 0 Å². The summed E-state index contributed by atoms with van der Waals surface area (Å²) in [5.74, 6) is -3.21. The lowest BCUT2D eigenvalue weighted by molar-refractivity contribution is -0.903. The number of rotatable bonds is 1. The molecule has 0 aromatic carbocycles. The predicted octanol–water partition coefficient (Wildman–Crippen LogP) is -4.36. The summed E-state index contributed by atoms with van der Waals surface area (Å²) in [6.45, 7) is 1.27. The van der Waals surface area contributed by atoms with Crippen LogP contribution in [0.4, 0.5) is 0 Å². The van der Waals surface area contributed by atoms with Crippen LogP contribution in [0.1, 0.15) is 13.3 Å². The predicted molar refractivity (Wildman–Crippen MR) is 37.0 cm³/mol. The Morgan fingerprint density at radius 3 is 1.00 bits per heavy atom. The van der Waals surface area contributed by atoms with Crippen LogP contribution in [0.3, 0.4) is 0 Å². The average Bonchev–Trinajstić information content (AvgIpc) is 1.35. The van der Waals surface area contributed by atoms with Gasteiger partial charge in [0.25, 0.3) is 0 Å². The molecule has 0 aromatic heterocycles. The highest BCUT2D eigenvalue weighted by molar-refractivity contribution is 4.27. The Bertz CT molecular complexity index is 50.3. The summed E-state index contributed by atoms with van der Waals surface area (Å²) >= 11 is 0.